The van der Waals surface area contributed by atoms with Gasteiger partial charge in [-0.25, -0.2) is 4.79 Å². The van der Waals surface area contributed by atoms with E-state index in [4.69, 9.17) is 21.1 Å². The molecule has 0 atom stereocenters. The molecule has 4 nitrogen and oxygen atoms in total. The highest BCUT2D eigenvalue weighted by molar-refractivity contribution is 6.30. The molecular formula is C19H20ClNO3. The summed E-state index contributed by atoms with van der Waals surface area (Å²) in [6, 6.07) is 16.3. The third kappa shape index (κ3) is 6.07. The summed E-state index contributed by atoms with van der Waals surface area (Å²) in [7, 11) is 3.83. The average Bonchev–Trinajstić information content (AvgIpc) is 2.57. The monoisotopic (exact) mass is 345 g/mol. The molecule has 0 bridgehead atoms. The standard InChI is InChI=1S/C19H20ClNO3/c1-21(2)12-13-23-19(22)18(14-15-6-4-3-5-7-15)24-17-10-8-16(20)9-11-17/h3-11,14H,12-13H2,1-2H3/b18-14-. The minimum atomic E-state index is -0.504. The molecule has 0 aromatic heterocycles. The van der Waals surface area contributed by atoms with Crippen molar-refractivity contribution in [2.24, 2.45) is 0 Å². The average molecular weight is 346 g/mol. The molecule has 0 saturated carbocycles. The largest absolute Gasteiger partial charge is 0.458 e. The summed E-state index contributed by atoms with van der Waals surface area (Å²) in [5, 5.41) is 0.601. The van der Waals surface area contributed by atoms with Crippen LogP contribution in [0.1, 0.15) is 5.56 Å². The molecule has 0 amide bonds. The van der Waals surface area contributed by atoms with Crippen LogP contribution in [-0.4, -0.2) is 38.1 Å². The fraction of sp³-hybridized carbons (Fsp3) is 0.211. The first kappa shape index (κ1) is 18.0. The van der Waals surface area contributed by atoms with Crippen molar-refractivity contribution in [1.82, 2.24) is 4.90 Å². The number of carbonyl (C=O) groups excluding carboxylic acids is 1. The third-order valence-corrected chi connectivity index (χ3v) is 3.36. The summed E-state index contributed by atoms with van der Waals surface area (Å²) < 4.78 is 11.0. The predicted octanol–water partition coefficient (Wildman–Crippen LogP) is 3.86. The van der Waals surface area contributed by atoms with E-state index in [1.54, 1.807) is 30.3 Å². The smallest absolute Gasteiger partial charge is 0.374 e. The van der Waals surface area contributed by atoms with E-state index in [0.717, 1.165) is 5.56 Å². The van der Waals surface area contributed by atoms with Crippen molar-refractivity contribution in [3.8, 4) is 5.75 Å². The first-order valence-corrected chi connectivity index (χ1v) is 7.94. The van der Waals surface area contributed by atoms with Crippen molar-refractivity contribution in [2.75, 3.05) is 27.2 Å². The Balaban J connectivity index is 2.16. The topological polar surface area (TPSA) is 38.8 Å². The molecule has 2 aromatic rings. The van der Waals surface area contributed by atoms with Crippen molar-refractivity contribution in [2.45, 2.75) is 0 Å². The molecule has 0 fully saturated rings. The second kappa shape index (κ2) is 9.11. The Morgan fingerprint density at radius 2 is 1.75 bits per heavy atom. The number of rotatable bonds is 7. The van der Waals surface area contributed by atoms with Crippen molar-refractivity contribution in [1.29, 1.82) is 0 Å². The highest BCUT2D eigenvalue weighted by atomic mass is 35.5. The molecule has 0 unspecified atom stereocenters. The second-order valence-corrected chi connectivity index (χ2v) is 5.85. The van der Waals surface area contributed by atoms with Gasteiger partial charge in [0, 0.05) is 11.6 Å². The second-order valence-electron chi connectivity index (χ2n) is 5.41. The Bertz CT molecular complexity index is 682. The lowest BCUT2D eigenvalue weighted by molar-refractivity contribution is -0.141. The number of hydrogen-bond acceptors (Lipinski definition) is 4. The van der Waals surface area contributed by atoms with Crippen LogP contribution in [0.2, 0.25) is 5.02 Å². The van der Waals surface area contributed by atoms with Gasteiger partial charge >= 0.3 is 5.97 Å². The molecule has 0 heterocycles. The molecule has 0 saturated heterocycles. The zero-order valence-corrected chi connectivity index (χ0v) is 14.5. The van der Waals surface area contributed by atoms with E-state index < -0.39 is 5.97 Å². The van der Waals surface area contributed by atoms with Crippen LogP contribution in [0.15, 0.2) is 60.4 Å². The van der Waals surface area contributed by atoms with Gasteiger partial charge in [-0.05, 0) is 50.0 Å². The lowest BCUT2D eigenvalue weighted by atomic mass is 10.2. The highest BCUT2D eigenvalue weighted by Gasteiger charge is 2.14. The van der Waals surface area contributed by atoms with Crippen LogP contribution in [0, 0.1) is 0 Å². The molecule has 0 aliphatic heterocycles. The van der Waals surface area contributed by atoms with Crippen molar-refractivity contribution >= 4 is 23.6 Å². The highest BCUT2D eigenvalue weighted by Crippen LogP contribution is 2.19. The number of likely N-dealkylation sites (N-methyl/N-ethyl adjacent to an activating group) is 1. The predicted molar refractivity (Wildman–Crippen MR) is 96.0 cm³/mol. The van der Waals surface area contributed by atoms with E-state index in [1.807, 2.05) is 49.3 Å². The van der Waals surface area contributed by atoms with Gasteiger partial charge in [-0.15, -0.1) is 0 Å². The van der Waals surface area contributed by atoms with Gasteiger partial charge in [0.05, 0.1) is 0 Å². The molecule has 126 valence electrons. The SMILES string of the molecule is CN(C)CCOC(=O)/C(=C/c1ccccc1)Oc1ccc(Cl)cc1. The van der Waals surface area contributed by atoms with E-state index in [9.17, 15) is 4.79 Å². The zero-order valence-electron chi connectivity index (χ0n) is 13.7. The van der Waals surface area contributed by atoms with Crippen molar-refractivity contribution < 1.29 is 14.3 Å². The Morgan fingerprint density at radius 1 is 1.08 bits per heavy atom. The Hall–Kier alpha value is -2.30. The molecule has 0 N–H and O–H groups in total. The van der Waals surface area contributed by atoms with E-state index in [0.29, 0.717) is 23.9 Å². The quantitative estimate of drug-likeness (QED) is 0.434. The number of carbonyl (C=O) groups is 1. The first-order chi connectivity index (χ1) is 11.5. The number of nitrogens with zero attached hydrogens (tertiary/aromatic N) is 1. The fourth-order valence-corrected chi connectivity index (χ4v) is 1.98. The maximum atomic E-state index is 12.3. The number of halogens is 1. The summed E-state index contributed by atoms with van der Waals surface area (Å²) in [6.07, 6.45) is 1.66. The molecule has 0 radical (unpaired) electrons. The Morgan fingerprint density at radius 3 is 2.38 bits per heavy atom. The summed E-state index contributed by atoms with van der Waals surface area (Å²) >= 11 is 5.87. The molecular weight excluding hydrogens is 326 g/mol. The van der Waals surface area contributed by atoms with Crippen molar-refractivity contribution in [3.63, 3.8) is 0 Å². The van der Waals surface area contributed by atoms with Gasteiger partial charge in [-0.2, -0.15) is 0 Å². The lowest BCUT2D eigenvalue weighted by Gasteiger charge is -2.12. The van der Waals surface area contributed by atoms with Gasteiger partial charge in [-0.1, -0.05) is 41.9 Å². The molecule has 5 heteroatoms. The lowest BCUT2D eigenvalue weighted by Crippen LogP contribution is -2.22. The molecule has 24 heavy (non-hydrogen) atoms. The van der Waals surface area contributed by atoms with Crippen molar-refractivity contribution in [3.05, 3.63) is 70.9 Å². The van der Waals surface area contributed by atoms with Gasteiger partial charge in [0.1, 0.15) is 12.4 Å². The molecule has 0 spiro atoms. The van der Waals surface area contributed by atoms with Crippen LogP contribution in [0.3, 0.4) is 0 Å². The van der Waals surface area contributed by atoms with Crippen LogP contribution in [0.25, 0.3) is 6.08 Å². The molecule has 0 aliphatic rings. The minimum Gasteiger partial charge on any atom is -0.458 e. The summed E-state index contributed by atoms with van der Waals surface area (Å²) in [5.74, 6) is 0.143. The molecule has 2 rings (SSSR count). The van der Waals surface area contributed by atoms with E-state index in [2.05, 4.69) is 0 Å². The van der Waals surface area contributed by atoms with Crippen LogP contribution < -0.4 is 4.74 Å². The number of hydrogen-bond donors (Lipinski definition) is 0. The van der Waals surface area contributed by atoms with E-state index in [1.165, 1.54) is 0 Å². The Kier molecular flexibility index (Phi) is 6.85. The minimum absolute atomic E-state index is 0.127. The number of esters is 1. The van der Waals surface area contributed by atoms with Gasteiger partial charge in [0.15, 0.2) is 0 Å². The zero-order chi connectivity index (χ0) is 17.4. The van der Waals surface area contributed by atoms with E-state index >= 15 is 0 Å². The van der Waals surface area contributed by atoms with Gasteiger partial charge in [-0.3, -0.25) is 0 Å². The van der Waals surface area contributed by atoms with Gasteiger partial charge in [0.25, 0.3) is 0 Å². The van der Waals surface area contributed by atoms with Crippen LogP contribution >= 0.6 is 11.6 Å². The first-order valence-electron chi connectivity index (χ1n) is 7.56. The van der Waals surface area contributed by atoms with Gasteiger partial charge in [0.2, 0.25) is 5.76 Å². The normalized spacial score (nSPS) is 11.4. The third-order valence-electron chi connectivity index (χ3n) is 3.11. The molecule has 2 aromatic carbocycles. The maximum absolute atomic E-state index is 12.3. The fourth-order valence-electron chi connectivity index (χ4n) is 1.85. The van der Waals surface area contributed by atoms with Crippen LogP contribution in [0.4, 0.5) is 0 Å². The van der Waals surface area contributed by atoms with E-state index in [-0.39, 0.29) is 5.76 Å². The molecule has 0 aliphatic carbocycles. The number of benzene rings is 2. The summed E-state index contributed by atoms with van der Waals surface area (Å²) in [5.41, 5.74) is 0.853. The number of ether oxygens (including phenoxy) is 2. The maximum Gasteiger partial charge on any atom is 0.374 e. The van der Waals surface area contributed by atoms with Crippen LogP contribution in [-0.2, 0) is 9.53 Å². The van der Waals surface area contributed by atoms with Crippen LogP contribution in [0.5, 0.6) is 5.75 Å². The van der Waals surface area contributed by atoms with Gasteiger partial charge < -0.3 is 14.4 Å². The summed E-state index contributed by atoms with van der Waals surface area (Å²) in [4.78, 5) is 14.3. The summed E-state index contributed by atoms with van der Waals surface area (Å²) in [6.45, 7) is 0.938. The Labute approximate surface area is 147 Å².